The molecular weight excluding hydrogens is 316 g/mol. The Balaban J connectivity index is 1.74. The van der Waals surface area contributed by atoms with Gasteiger partial charge in [0, 0.05) is 19.6 Å². The van der Waals surface area contributed by atoms with Crippen LogP contribution in [0.2, 0.25) is 0 Å². The smallest absolute Gasteiger partial charge is 0.227 e. The molecule has 2 rings (SSSR count). The van der Waals surface area contributed by atoms with Crippen molar-refractivity contribution in [1.29, 1.82) is 0 Å². The number of aliphatic hydroxyl groups is 1. The zero-order chi connectivity index (χ0) is 18.1. The Bertz CT molecular complexity index is 509. The average molecular weight is 348 g/mol. The predicted molar refractivity (Wildman–Crippen MR) is 98.9 cm³/mol. The minimum absolute atomic E-state index is 0.0523. The van der Waals surface area contributed by atoms with Crippen LogP contribution in [0.1, 0.15) is 44.1 Å². The highest BCUT2D eigenvalue weighted by Crippen LogP contribution is 2.23. The first kappa shape index (κ1) is 19.9. The highest BCUT2D eigenvalue weighted by Gasteiger charge is 2.29. The van der Waals surface area contributed by atoms with Gasteiger partial charge in [0.05, 0.1) is 25.2 Å². The van der Waals surface area contributed by atoms with Crippen LogP contribution in [0.5, 0.6) is 0 Å². The van der Waals surface area contributed by atoms with Crippen molar-refractivity contribution in [2.75, 3.05) is 20.2 Å². The van der Waals surface area contributed by atoms with Crippen LogP contribution >= 0.6 is 0 Å². The molecule has 1 saturated carbocycles. The third kappa shape index (κ3) is 6.77. The van der Waals surface area contributed by atoms with E-state index in [1.54, 1.807) is 11.9 Å². The van der Waals surface area contributed by atoms with Gasteiger partial charge in [0.15, 0.2) is 0 Å². The zero-order valence-electron chi connectivity index (χ0n) is 15.3. The van der Waals surface area contributed by atoms with E-state index in [4.69, 9.17) is 10.5 Å². The Morgan fingerprint density at radius 2 is 1.92 bits per heavy atom. The number of hydrogen-bond donors (Lipinski definition) is 2. The third-order valence-corrected chi connectivity index (χ3v) is 4.92. The molecule has 140 valence electrons. The lowest BCUT2D eigenvalue weighted by Crippen LogP contribution is -2.45. The number of nitrogens with two attached hydrogens (primary N) is 1. The fraction of sp³-hybridized carbons (Fsp3) is 0.650. The Kier molecular flexibility index (Phi) is 8.38. The van der Waals surface area contributed by atoms with Gasteiger partial charge in [0.2, 0.25) is 5.91 Å². The van der Waals surface area contributed by atoms with E-state index in [0.717, 1.165) is 31.2 Å². The highest BCUT2D eigenvalue weighted by atomic mass is 16.5. The monoisotopic (exact) mass is 348 g/mol. The van der Waals surface area contributed by atoms with Gasteiger partial charge in [0.25, 0.3) is 0 Å². The van der Waals surface area contributed by atoms with E-state index in [-0.39, 0.29) is 31.0 Å². The molecule has 1 fully saturated rings. The fourth-order valence-corrected chi connectivity index (χ4v) is 3.45. The zero-order valence-corrected chi connectivity index (χ0v) is 15.3. The van der Waals surface area contributed by atoms with Crippen molar-refractivity contribution in [2.45, 2.75) is 57.3 Å². The largest absolute Gasteiger partial charge is 0.389 e. The summed E-state index contributed by atoms with van der Waals surface area (Å²) < 4.78 is 5.55. The molecule has 1 amide bonds. The first-order valence-corrected chi connectivity index (χ1v) is 9.38. The van der Waals surface area contributed by atoms with E-state index in [0.29, 0.717) is 6.61 Å². The van der Waals surface area contributed by atoms with Crippen LogP contribution in [0.4, 0.5) is 0 Å². The average Bonchev–Trinajstić information content (AvgIpc) is 2.59. The number of nitrogens with zero attached hydrogens (tertiary/aromatic N) is 1. The number of ether oxygens (including phenoxy) is 1. The van der Waals surface area contributed by atoms with Crippen molar-refractivity contribution >= 4 is 5.91 Å². The molecule has 1 aromatic rings. The number of amides is 1. The molecule has 0 saturated heterocycles. The fourth-order valence-electron chi connectivity index (χ4n) is 3.45. The molecule has 0 heterocycles. The van der Waals surface area contributed by atoms with Crippen LogP contribution in [0.15, 0.2) is 30.3 Å². The molecule has 5 nitrogen and oxygen atoms in total. The lowest BCUT2D eigenvalue weighted by atomic mass is 9.86. The number of benzene rings is 1. The maximum Gasteiger partial charge on any atom is 0.227 e. The molecule has 1 aromatic carbocycles. The highest BCUT2D eigenvalue weighted by molar-refractivity contribution is 5.79. The van der Waals surface area contributed by atoms with Gasteiger partial charge in [-0.25, -0.2) is 0 Å². The van der Waals surface area contributed by atoms with Crippen LogP contribution in [-0.2, 0) is 16.1 Å². The minimum Gasteiger partial charge on any atom is -0.389 e. The van der Waals surface area contributed by atoms with Gasteiger partial charge in [0.1, 0.15) is 0 Å². The summed E-state index contributed by atoms with van der Waals surface area (Å²) >= 11 is 0. The molecule has 0 aromatic heterocycles. The Morgan fingerprint density at radius 1 is 1.24 bits per heavy atom. The van der Waals surface area contributed by atoms with Crippen LogP contribution in [0.25, 0.3) is 0 Å². The van der Waals surface area contributed by atoms with Gasteiger partial charge in [-0.3, -0.25) is 4.79 Å². The topological polar surface area (TPSA) is 75.8 Å². The van der Waals surface area contributed by atoms with Crippen LogP contribution < -0.4 is 5.73 Å². The second kappa shape index (κ2) is 10.5. The van der Waals surface area contributed by atoms with Gasteiger partial charge in [-0.1, -0.05) is 56.0 Å². The lowest BCUT2D eigenvalue weighted by Gasteiger charge is -2.30. The van der Waals surface area contributed by atoms with E-state index in [1.807, 2.05) is 30.3 Å². The molecule has 0 bridgehead atoms. The number of hydrogen-bond acceptors (Lipinski definition) is 4. The molecule has 0 spiro atoms. The maximum atomic E-state index is 12.7. The van der Waals surface area contributed by atoms with Crippen molar-refractivity contribution in [2.24, 2.45) is 11.7 Å². The summed E-state index contributed by atoms with van der Waals surface area (Å²) in [6.07, 6.45) is 5.61. The molecule has 1 aliphatic rings. The van der Waals surface area contributed by atoms with Crippen LogP contribution in [-0.4, -0.2) is 48.3 Å². The normalized spacial score (nSPS) is 22.7. The van der Waals surface area contributed by atoms with Crippen molar-refractivity contribution in [3.63, 3.8) is 0 Å². The van der Waals surface area contributed by atoms with E-state index in [1.165, 1.54) is 12.8 Å². The number of likely N-dealkylation sites (N-methyl/N-ethyl adjacent to an activating group) is 1. The molecule has 25 heavy (non-hydrogen) atoms. The molecule has 0 aliphatic heterocycles. The van der Waals surface area contributed by atoms with Crippen molar-refractivity contribution in [1.82, 2.24) is 4.90 Å². The van der Waals surface area contributed by atoms with Crippen LogP contribution in [0.3, 0.4) is 0 Å². The summed E-state index contributed by atoms with van der Waals surface area (Å²) in [6.45, 7) is 0.948. The summed E-state index contributed by atoms with van der Waals surface area (Å²) in [5, 5.41) is 10.2. The van der Waals surface area contributed by atoms with Crippen molar-refractivity contribution in [3.05, 3.63) is 35.9 Å². The summed E-state index contributed by atoms with van der Waals surface area (Å²) in [7, 11) is 1.74. The van der Waals surface area contributed by atoms with Gasteiger partial charge in [-0.2, -0.15) is 0 Å². The lowest BCUT2D eigenvalue weighted by molar-refractivity contribution is -0.137. The number of carbonyl (C=O) groups is 1. The van der Waals surface area contributed by atoms with Gasteiger partial charge < -0.3 is 20.5 Å². The predicted octanol–water partition coefficient (Wildman–Crippen LogP) is 2.32. The maximum absolute atomic E-state index is 12.7. The van der Waals surface area contributed by atoms with E-state index >= 15 is 0 Å². The van der Waals surface area contributed by atoms with E-state index < -0.39 is 6.10 Å². The molecule has 3 atom stereocenters. The van der Waals surface area contributed by atoms with Gasteiger partial charge >= 0.3 is 0 Å². The molecular formula is C20H32N2O3. The first-order valence-electron chi connectivity index (χ1n) is 9.38. The molecule has 3 unspecified atom stereocenters. The Labute approximate surface area is 151 Å². The first-order chi connectivity index (χ1) is 12.1. The van der Waals surface area contributed by atoms with E-state index in [9.17, 15) is 9.90 Å². The summed E-state index contributed by atoms with van der Waals surface area (Å²) in [6, 6.07) is 9.77. The number of aliphatic hydroxyl groups excluding tert-OH is 1. The number of rotatable bonds is 7. The second-order valence-corrected chi connectivity index (χ2v) is 7.14. The van der Waals surface area contributed by atoms with Gasteiger partial charge in [-0.05, 0) is 18.4 Å². The Morgan fingerprint density at radius 3 is 2.64 bits per heavy atom. The standard InChI is InChI=1S/C20H32N2O3/c1-22(20(24)18-11-7-2-3-8-12-19(18)21)13-17(23)15-25-14-16-9-5-4-6-10-16/h4-6,9-10,17-19,23H,2-3,7-8,11-15,21H2,1H3. The third-order valence-electron chi connectivity index (χ3n) is 4.92. The second-order valence-electron chi connectivity index (χ2n) is 7.14. The quantitative estimate of drug-likeness (QED) is 0.793. The van der Waals surface area contributed by atoms with Crippen molar-refractivity contribution < 1.29 is 14.6 Å². The molecule has 1 aliphatic carbocycles. The van der Waals surface area contributed by atoms with Gasteiger partial charge in [-0.15, -0.1) is 0 Å². The summed E-state index contributed by atoms with van der Waals surface area (Å²) in [5.41, 5.74) is 7.30. The summed E-state index contributed by atoms with van der Waals surface area (Å²) in [5.74, 6) is -0.0701. The minimum atomic E-state index is -0.692. The van der Waals surface area contributed by atoms with Crippen molar-refractivity contribution in [3.8, 4) is 0 Å². The SMILES string of the molecule is CN(CC(O)COCc1ccccc1)C(=O)C1CCCCCCC1N. The molecule has 3 N–H and O–H groups in total. The van der Waals surface area contributed by atoms with E-state index in [2.05, 4.69) is 0 Å². The number of carbonyl (C=O) groups excluding carboxylic acids is 1. The molecule has 0 radical (unpaired) electrons. The Hall–Kier alpha value is -1.43. The summed E-state index contributed by atoms with van der Waals surface area (Å²) in [4.78, 5) is 14.3. The van der Waals surface area contributed by atoms with Crippen LogP contribution in [0, 0.1) is 5.92 Å². The molecule has 5 heteroatoms.